The van der Waals surface area contributed by atoms with Gasteiger partial charge in [-0.1, -0.05) is 24.3 Å². The molecule has 2 heterocycles. The molecule has 4 rings (SSSR count). The summed E-state index contributed by atoms with van der Waals surface area (Å²) in [5.74, 6) is -1.43. The number of rotatable bonds is 7. The number of nitrogens with one attached hydrogen (secondary N) is 1. The van der Waals surface area contributed by atoms with E-state index in [2.05, 4.69) is 15.5 Å². The first-order chi connectivity index (χ1) is 16.3. The molecule has 1 N–H and O–H groups in total. The number of carbonyl (C=O) groups excluding carboxylic acids is 2. The van der Waals surface area contributed by atoms with Gasteiger partial charge < -0.3 is 14.8 Å². The number of para-hydroxylation sites is 1. The molecule has 1 unspecified atom stereocenters. The summed E-state index contributed by atoms with van der Waals surface area (Å²) in [6, 6.07) is 14.9. The summed E-state index contributed by atoms with van der Waals surface area (Å²) in [6.07, 6.45) is 0.0915. The lowest BCUT2D eigenvalue weighted by Crippen LogP contribution is -2.40. The predicted molar refractivity (Wildman–Crippen MR) is 121 cm³/mol. The molecule has 3 aromatic rings. The fourth-order valence-corrected chi connectivity index (χ4v) is 4.69. The van der Waals surface area contributed by atoms with Crippen molar-refractivity contribution in [2.75, 3.05) is 31.6 Å². The summed E-state index contributed by atoms with van der Waals surface area (Å²) in [6.45, 7) is 2.60. The molecule has 11 nitrogen and oxygen atoms in total. The number of benzene rings is 2. The largest absolute Gasteiger partial charge is 0.448 e. The average molecular weight is 486 g/mol. The molecule has 0 spiro atoms. The van der Waals surface area contributed by atoms with Gasteiger partial charge >= 0.3 is 5.97 Å². The Kier molecular flexibility index (Phi) is 7.01. The summed E-state index contributed by atoms with van der Waals surface area (Å²) >= 11 is 0. The molecule has 178 valence electrons. The zero-order chi connectivity index (χ0) is 24.1. The van der Waals surface area contributed by atoms with Crippen LogP contribution in [0, 0.1) is 0 Å². The van der Waals surface area contributed by atoms with Crippen LogP contribution in [-0.4, -0.2) is 72.0 Å². The van der Waals surface area contributed by atoms with Gasteiger partial charge in [-0.3, -0.25) is 4.79 Å². The molecular formula is C22H23N5O6S. The SMILES string of the molecule is CC(OC(=O)c1cnn(-c2ccccc2)n1)C(=O)Nc1cccc(S(=O)(=O)N2CCOCC2)c1. The number of carbonyl (C=O) groups is 2. The van der Waals surface area contributed by atoms with E-state index in [1.54, 1.807) is 18.2 Å². The van der Waals surface area contributed by atoms with E-state index in [4.69, 9.17) is 9.47 Å². The lowest BCUT2D eigenvalue weighted by atomic mass is 10.3. The lowest BCUT2D eigenvalue weighted by molar-refractivity contribution is -0.123. The highest BCUT2D eigenvalue weighted by Crippen LogP contribution is 2.21. The van der Waals surface area contributed by atoms with Crippen LogP contribution in [0.15, 0.2) is 65.7 Å². The molecule has 1 amide bonds. The van der Waals surface area contributed by atoms with Crippen LogP contribution in [-0.2, 0) is 24.3 Å². The van der Waals surface area contributed by atoms with Crippen molar-refractivity contribution < 1.29 is 27.5 Å². The van der Waals surface area contributed by atoms with Crippen LogP contribution in [0.3, 0.4) is 0 Å². The number of hydrogen-bond donors (Lipinski definition) is 1. The Morgan fingerprint density at radius 3 is 2.56 bits per heavy atom. The molecule has 34 heavy (non-hydrogen) atoms. The second-order valence-corrected chi connectivity index (χ2v) is 9.37. The Labute approximate surface area is 196 Å². The summed E-state index contributed by atoms with van der Waals surface area (Å²) in [5, 5.41) is 10.7. The molecule has 0 saturated carbocycles. The fourth-order valence-electron chi connectivity index (χ4n) is 3.23. The third kappa shape index (κ3) is 5.30. The van der Waals surface area contributed by atoms with E-state index in [9.17, 15) is 18.0 Å². The second-order valence-electron chi connectivity index (χ2n) is 7.44. The third-order valence-corrected chi connectivity index (χ3v) is 6.95. The Bertz CT molecular complexity index is 1270. The molecule has 1 aliphatic heterocycles. The van der Waals surface area contributed by atoms with Crippen LogP contribution in [0.25, 0.3) is 5.69 Å². The highest BCUT2D eigenvalue weighted by Gasteiger charge is 2.27. The van der Waals surface area contributed by atoms with Crippen molar-refractivity contribution in [2.45, 2.75) is 17.9 Å². The first-order valence-electron chi connectivity index (χ1n) is 10.5. The number of esters is 1. The Hall–Kier alpha value is -3.61. The lowest BCUT2D eigenvalue weighted by Gasteiger charge is -2.26. The van der Waals surface area contributed by atoms with Crippen molar-refractivity contribution in [1.29, 1.82) is 0 Å². The molecular weight excluding hydrogens is 462 g/mol. The number of amides is 1. The maximum absolute atomic E-state index is 12.8. The van der Waals surface area contributed by atoms with Crippen LogP contribution < -0.4 is 5.32 Å². The number of nitrogens with zero attached hydrogens (tertiary/aromatic N) is 4. The van der Waals surface area contributed by atoms with Gasteiger partial charge in [0.05, 0.1) is 30.0 Å². The standard InChI is InChI=1S/C22H23N5O6S/c1-16(33-22(29)20-15-23-27(25-20)18-7-3-2-4-8-18)21(28)24-17-6-5-9-19(14-17)34(30,31)26-10-12-32-13-11-26/h2-9,14-16H,10-13H2,1H3,(H,24,28). The minimum absolute atomic E-state index is 0.0503. The van der Waals surface area contributed by atoms with Crippen LogP contribution in [0.5, 0.6) is 0 Å². The molecule has 2 aromatic carbocycles. The van der Waals surface area contributed by atoms with E-state index >= 15 is 0 Å². The van der Waals surface area contributed by atoms with Gasteiger partial charge in [0.2, 0.25) is 10.0 Å². The highest BCUT2D eigenvalue weighted by atomic mass is 32.2. The number of morpholine rings is 1. The molecule has 12 heteroatoms. The number of sulfonamides is 1. The van der Waals surface area contributed by atoms with Gasteiger partial charge in [-0.15, -0.1) is 5.10 Å². The normalized spacial score (nSPS) is 15.4. The van der Waals surface area contributed by atoms with E-state index in [-0.39, 0.29) is 29.4 Å². The van der Waals surface area contributed by atoms with Gasteiger partial charge in [-0.2, -0.15) is 14.2 Å². The number of anilines is 1. The summed E-state index contributed by atoms with van der Waals surface area (Å²) in [4.78, 5) is 26.3. The van der Waals surface area contributed by atoms with E-state index in [1.807, 2.05) is 18.2 Å². The first kappa shape index (κ1) is 23.5. The topological polar surface area (TPSA) is 133 Å². The molecule has 0 bridgehead atoms. The highest BCUT2D eigenvalue weighted by molar-refractivity contribution is 7.89. The zero-order valence-electron chi connectivity index (χ0n) is 18.3. The Morgan fingerprint density at radius 1 is 1.09 bits per heavy atom. The Morgan fingerprint density at radius 2 is 1.82 bits per heavy atom. The summed E-state index contributed by atoms with van der Waals surface area (Å²) in [7, 11) is -3.72. The average Bonchev–Trinajstić information content (AvgIpc) is 3.36. The van der Waals surface area contributed by atoms with Crippen LogP contribution >= 0.6 is 0 Å². The molecule has 0 aliphatic carbocycles. The van der Waals surface area contributed by atoms with E-state index < -0.39 is 28.0 Å². The van der Waals surface area contributed by atoms with Gasteiger partial charge in [0.1, 0.15) is 0 Å². The fraction of sp³-hybridized carbons (Fsp3) is 0.273. The minimum atomic E-state index is -3.72. The zero-order valence-corrected chi connectivity index (χ0v) is 19.1. The van der Waals surface area contributed by atoms with Gasteiger partial charge in [0.15, 0.2) is 11.8 Å². The molecule has 1 fully saturated rings. The monoisotopic (exact) mass is 485 g/mol. The van der Waals surface area contributed by atoms with Gasteiger partial charge in [0.25, 0.3) is 5.91 Å². The molecule has 1 aromatic heterocycles. The van der Waals surface area contributed by atoms with Crippen LogP contribution in [0.4, 0.5) is 5.69 Å². The van der Waals surface area contributed by atoms with Crippen LogP contribution in [0.2, 0.25) is 0 Å². The van der Waals surface area contributed by atoms with Gasteiger partial charge in [-0.25, -0.2) is 13.2 Å². The quantitative estimate of drug-likeness (QED) is 0.498. The maximum Gasteiger partial charge on any atom is 0.361 e. The van der Waals surface area contributed by atoms with Crippen molar-refractivity contribution in [3.8, 4) is 5.69 Å². The smallest absolute Gasteiger partial charge is 0.361 e. The van der Waals surface area contributed by atoms with Gasteiger partial charge in [0, 0.05) is 18.8 Å². The van der Waals surface area contributed by atoms with Gasteiger partial charge in [-0.05, 0) is 37.3 Å². The van der Waals surface area contributed by atoms with Crippen LogP contribution in [0.1, 0.15) is 17.4 Å². The van der Waals surface area contributed by atoms with E-state index in [0.29, 0.717) is 18.9 Å². The Balaban J connectivity index is 1.39. The molecule has 1 saturated heterocycles. The maximum atomic E-state index is 12.8. The third-order valence-electron chi connectivity index (χ3n) is 5.05. The number of hydrogen-bond acceptors (Lipinski definition) is 8. The van der Waals surface area contributed by atoms with Crippen molar-refractivity contribution in [3.63, 3.8) is 0 Å². The van der Waals surface area contributed by atoms with E-state index in [0.717, 1.165) is 0 Å². The second kappa shape index (κ2) is 10.1. The first-order valence-corrected chi connectivity index (χ1v) is 12.0. The van der Waals surface area contributed by atoms with Crippen molar-refractivity contribution >= 4 is 27.6 Å². The predicted octanol–water partition coefficient (Wildman–Crippen LogP) is 1.47. The van der Waals surface area contributed by atoms with E-state index in [1.165, 1.54) is 40.4 Å². The molecule has 1 atom stereocenters. The number of ether oxygens (including phenoxy) is 2. The molecule has 0 radical (unpaired) electrons. The summed E-state index contributed by atoms with van der Waals surface area (Å²) < 4.78 is 37.4. The molecule has 1 aliphatic rings. The minimum Gasteiger partial charge on any atom is -0.448 e. The summed E-state index contributed by atoms with van der Waals surface area (Å²) in [5.41, 5.74) is 0.874. The van der Waals surface area contributed by atoms with Crippen molar-refractivity contribution in [2.24, 2.45) is 0 Å². The van der Waals surface area contributed by atoms with Crippen molar-refractivity contribution in [1.82, 2.24) is 19.3 Å². The van der Waals surface area contributed by atoms with Crippen molar-refractivity contribution in [3.05, 3.63) is 66.5 Å². The number of aromatic nitrogens is 3.